The van der Waals surface area contributed by atoms with Crippen molar-refractivity contribution in [1.82, 2.24) is 0 Å². The van der Waals surface area contributed by atoms with E-state index in [1.54, 1.807) is 103 Å². The van der Waals surface area contributed by atoms with E-state index in [9.17, 15) is 0 Å². The fraction of sp³-hybridized carbons (Fsp3) is 1.00. The monoisotopic (exact) mass is 677 g/mol. The van der Waals surface area contributed by atoms with Gasteiger partial charge in [-0.05, 0) is 176 Å². The number of hydrogen-bond acceptors (Lipinski definition) is 0. The molecule has 1 heteroatoms. The van der Waals surface area contributed by atoms with Crippen LogP contribution in [0.2, 0.25) is 23.2 Å². The van der Waals surface area contributed by atoms with E-state index in [0.29, 0.717) is 10.8 Å². The average molecular weight is 677 g/mol. The van der Waals surface area contributed by atoms with Gasteiger partial charge in [-0.25, -0.2) is 0 Å². The SMILES string of the molecule is CC1CC2C(CCC[C@@H]2C2CCC(C(C)(C)C)CC2)C1[Si](C)(C1CCCCC1)C1C(C)CC2C1CCC[C@@H]2C1CCC(C(C)(C)C)CC1. The molecule has 7 saturated carbocycles. The van der Waals surface area contributed by atoms with Gasteiger partial charge in [-0.2, -0.15) is 0 Å². The highest BCUT2D eigenvalue weighted by Gasteiger charge is 2.64. The zero-order valence-corrected chi connectivity index (χ0v) is 35.0. The Balaban J connectivity index is 1.14. The van der Waals surface area contributed by atoms with Crippen LogP contribution in [-0.4, -0.2) is 8.07 Å². The van der Waals surface area contributed by atoms with Crippen LogP contribution in [0.25, 0.3) is 0 Å². The lowest BCUT2D eigenvalue weighted by Gasteiger charge is -2.55. The van der Waals surface area contributed by atoms with E-state index in [2.05, 4.69) is 61.9 Å². The van der Waals surface area contributed by atoms with E-state index in [0.717, 1.165) is 87.6 Å². The van der Waals surface area contributed by atoms with Crippen molar-refractivity contribution in [3.05, 3.63) is 0 Å². The molecule has 48 heavy (non-hydrogen) atoms. The largest absolute Gasteiger partial charge is 0.0685 e. The van der Waals surface area contributed by atoms with E-state index in [-0.39, 0.29) is 0 Å². The summed E-state index contributed by atoms with van der Waals surface area (Å²) in [5, 5.41) is 0. The Morgan fingerprint density at radius 3 is 1.15 bits per heavy atom. The second kappa shape index (κ2) is 14.2. The Morgan fingerprint density at radius 1 is 0.396 bits per heavy atom. The minimum Gasteiger partial charge on any atom is -0.0685 e. The van der Waals surface area contributed by atoms with Crippen LogP contribution in [0.5, 0.6) is 0 Å². The Kier molecular flexibility index (Phi) is 10.8. The Hall–Kier alpha value is 0.217. The number of hydrogen-bond donors (Lipinski definition) is 0. The summed E-state index contributed by atoms with van der Waals surface area (Å²) < 4.78 is 0. The van der Waals surface area contributed by atoms with Crippen molar-refractivity contribution in [2.45, 2.75) is 213 Å². The van der Waals surface area contributed by atoms with Gasteiger partial charge in [0.1, 0.15) is 0 Å². The van der Waals surface area contributed by atoms with Crippen LogP contribution in [0.4, 0.5) is 0 Å². The van der Waals surface area contributed by atoms with E-state index >= 15 is 0 Å². The molecule has 0 aromatic rings. The number of fused-ring (bicyclic) bond motifs is 2. The molecule has 0 N–H and O–H groups in total. The summed E-state index contributed by atoms with van der Waals surface area (Å²) in [6.07, 6.45) is 33.1. The molecule has 0 amide bonds. The molecular weight excluding hydrogens is 593 g/mol. The number of rotatable bonds is 5. The molecule has 0 nitrogen and oxygen atoms in total. The predicted molar refractivity (Wildman–Crippen MR) is 212 cm³/mol. The maximum atomic E-state index is 3.16. The summed E-state index contributed by atoms with van der Waals surface area (Å²) in [7, 11) is -1.55. The first-order chi connectivity index (χ1) is 22.8. The minimum absolute atomic E-state index is 0.514. The zero-order valence-electron chi connectivity index (χ0n) is 34.0. The van der Waals surface area contributed by atoms with Crippen LogP contribution in [-0.2, 0) is 0 Å². The van der Waals surface area contributed by atoms with Crippen LogP contribution < -0.4 is 0 Å². The first-order valence-electron chi connectivity index (χ1n) is 22.8. The third kappa shape index (κ3) is 6.76. The normalized spacial score (nSPS) is 47.7. The Morgan fingerprint density at radius 2 is 0.771 bits per heavy atom. The van der Waals surface area contributed by atoms with Gasteiger partial charge in [0.25, 0.3) is 0 Å². The minimum atomic E-state index is -1.55. The molecule has 0 saturated heterocycles. The van der Waals surface area contributed by atoms with Crippen LogP contribution in [0.15, 0.2) is 0 Å². The van der Waals surface area contributed by atoms with Gasteiger partial charge in [0.2, 0.25) is 0 Å². The Bertz CT molecular complexity index is 966. The lowest BCUT2D eigenvalue weighted by Crippen LogP contribution is -2.53. The second-order valence-corrected chi connectivity index (χ2v) is 27.9. The smallest absolute Gasteiger partial charge is 0.0609 e. The van der Waals surface area contributed by atoms with E-state index < -0.39 is 8.07 Å². The standard InChI is InChI=1S/C47H84Si/c1-31-29-42-38(33-21-25-35(26-22-33)46(3,4)5)17-13-19-40(42)44(31)48(9,37-15-11-10-12-16-37)45-32(2)30-43-39(18-14-20-41(43)45)34-23-27-36(28-24-34)47(6,7)8/h31-45H,10-30H2,1-9H3/t31?,32?,33?,34?,35?,36?,38-,39-,40?,41?,42?,43?,44?,45?,48?/m1/s1. The summed E-state index contributed by atoms with van der Waals surface area (Å²) in [5.74, 6) is 12.7. The first-order valence-corrected chi connectivity index (χ1v) is 25.5. The van der Waals surface area contributed by atoms with E-state index in [4.69, 9.17) is 0 Å². The molecule has 0 bridgehead atoms. The highest BCUT2D eigenvalue weighted by Crippen LogP contribution is 2.70. The molecule has 10 atom stereocenters. The fourth-order valence-corrected chi connectivity index (χ4v) is 25.5. The molecule has 7 aliphatic carbocycles. The van der Waals surface area contributed by atoms with Crippen molar-refractivity contribution < 1.29 is 0 Å². The molecule has 0 aliphatic heterocycles. The van der Waals surface area contributed by atoms with Gasteiger partial charge in [0.05, 0.1) is 8.07 Å². The van der Waals surface area contributed by atoms with Crippen molar-refractivity contribution >= 4 is 8.07 Å². The molecule has 7 rings (SSSR count). The van der Waals surface area contributed by atoms with Gasteiger partial charge < -0.3 is 0 Å². The van der Waals surface area contributed by atoms with Gasteiger partial charge in [-0.3, -0.25) is 0 Å². The van der Waals surface area contributed by atoms with E-state index in [1.807, 2.05) is 0 Å². The first kappa shape index (κ1) is 36.6. The third-order valence-electron chi connectivity index (χ3n) is 18.9. The fourth-order valence-electron chi connectivity index (χ4n) is 16.9. The van der Waals surface area contributed by atoms with Crippen molar-refractivity contribution in [3.8, 4) is 0 Å². The highest BCUT2D eigenvalue weighted by molar-refractivity contribution is 6.83. The summed E-state index contributed by atoms with van der Waals surface area (Å²) in [5.41, 5.74) is 4.47. The average Bonchev–Trinajstić information content (AvgIpc) is 3.60. The maximum Gasteiger partial charge on any atom is 0.0609 e. The van der Waals surface area contributed by atoms with Gasteiger partial charge in [-0.1, -0.05) is 120 Å². The molecule has 0 aromatic carbocycles. The van der Waals surface area contributed by atoms with Crippen molar-refractivity contribution in [1.29, 1.82) is 0 Å². The molecule has 0 aromatic heterocycles. The van der Waals surface area contributed by atoms with Crippen LogP contribution >= 0.6 is 0 Å². The van der Waals surface area contributed by atoms with Gasteiger partial charge in [0.15, 0.2) is 0 Å². The molecule has 0 spiro atoms. The molecule has 276 valence electrons. The van der Waals surface area contributed by atoms with Gasteiger partial charge >= 0.3 is 0 Å². The zero-order chi connectivity index (χ0) is 34.0. The summed E-state index contributed by atoms with van der Waals surface area (Å²) >= 11 is 0. The quantitative estimate of drug-likeness (QED) is 0.254. The van der Waals surface area contributed by atoms with Gasteiger partial charge in [0, 0.05) is 0 Å². The third-order valence-corrected chi connectivity index (χ3v) is 26.1. The predicted octanol–water partition coefficient (Wildman–Crippen LogP) is 15.0. The van der Waals surface area contributed by atoms with Crippen molar-refractivity contribution in [2.75, 3.05) is 0 Å². The topological polar surface area (TPSA) is 0 Å². The highest BCUT2D eigenvalue weighted by atomic mass is 28.3. The summed E-state index contributed by atoms with van der Waals surface area (Å²) in [4.78, 5) is 0. The van der Waals surface area contributed by atoms with Gasteiger partial charge in [-0.15, -0.1) is 0 Å². The van der Waals surface area contributed by atoms with Crippen LogP contribution in [0.3, 0.4) is 0 Å². The summed E-state index contributed by atoms with van der Waals surface area (Å²) in [6.45, 7) is 24.0. The van der Waals surface area contributed by atoms with Crippen LogP contribution in [0, 0.1) is 81.8 Å². The molecule has 7 fully saturated rings. The maximum absolute atomic E-state index is 3.16. The molecule has 0 radical (unpaired) electrons. The van der Waals surface area contributed by atoms with Crippen molar-refractivity contribution in [2.24, 2.45) is 81.8 Å². The van der Waals surface area contributed by atoms with Crippen LogP contribution in [0.1, 0.15) is 190 Å². The molecule has 0 heterocycles. The lowest BCUT2D eigenvalue weighted by molar-refractivity contribution is 0.0617. The summed E-state index contributed by atoms with van der Waals surface area (Å²) in [6, 6.07) is 0. The molecule has 7 aliphatic rings. The van der Waals surface area contributed by atoms with Crippen molar-refractivity contribution in [3.63, 3.8) is 0 Å². The molecule has 8 unspecified atom stereocenters. The molecular formula is C47H84Si. The second-order valence-electron chi connectivity index (χ2n) is 23.0. The van der Waals surface area contributed by atoms with E-state index in [1.165, 1.54) is 32.1 Å². The lowest BCUT2D eigenvalue weighted by atomic mass is 9.61. The Labute approximate surface area is 302 Å².